The van der Waals surface area contributed by atoms with Crippen molar-refractivity contribution in [1.29, 1.82) is 0 Å². The first-order chi connectivity index (χ1) is 21.8. The second kappa shape index (κ2) is 9.86. The van der Waals surface area contributed by atoms with Crippen molar-refractivity contribution in [3.05, 3.63) is 164 Å². The van der Waals surface area contributed by atoms with Crippen LogP contribution < -0.4 is 4.90 Å². The molecule has 0 N–H and O–H groups in total. The Morgan fingerprint density at radius 3 is 1.93 bits per heavy atom. The zero-order valence-corrected chi connectivity index (χ0v) is 23.9. The van der Waals surface area contributed by atoms with E-state index in [1.165, 1.54) is 32.3 Å². The third kappa shape index (κ3) is 3.82. The van der Waals surface area contributed by atoms with Gasteiger partial charge < -0.3 is 9.32 Å². The van der Waals surface area contributed by atoms with Gasteiger partial charge in [-0.3, -0.25) is 0 Å². The molecular formula is C42H27NO. The Hall–Kier alpha value is -5.86. The lowest BCUT2D eigenvalue weighted by Gasteiger charge is -2.27. The number of nitrogens with zero attached hydrogens (tertiary/aromatic N) is 1. The van der Waals surface area contributed by atoms with Crippen LogP contribution in [0.3, 0.4) is 0 Å². The molecule has 1 heterocycles. The molecule has 0 aliphatic heterocycles. The van der Waals surface area contributed by atoms with Gasteiger partial charge in [-0.1, -0.05) is 127 Å². The van der Waals surface area contributed by atoms with Crippen molar-refractivity contribution in [2.45, 2.75) is 0 Å². The molecule has 0 atom stereocenters. The lowest BCUT2D eigenvalue weighted by atomic mass is 9.95. The second-order valence-corrected chi connectivity index (χ2v) is 11.3. The molecule has 0 saturated heterocycles. The Kier molecular flexibility index (Phi) is 5.54. The predicted molar refractivity (Wildman–Crippen MR) is 186 cm³/mol. The van der Waals surface area contributed by atoms with Crippen LogP contribution in [-0.2, 0) is 0 Å². The topological polar surface area (TPSA) is 16.4 Å². The van der Waals surface area contributed by atoms with Crippen molar-refractivity contribution < 1.29 is 4.42 Å². The van der Waals surface area contributed by atoms with Gasteiger partial charge in [-0.2, -0.15) is 0 Å². The van der Waals surface area contributed by atoms with Gasteiger partial charge in [0.05, 0.1) is 5.69 Å². The van der Waals surface area contributed by atoms with Crippen molar-refractivity contribution in [2.24, 2.45) is 0 Å². The van der Waals surface area contributed by atoms with E-state index in [9.17, 15) is 0 Å². The lowest BCUT2D eigenvalue weighted by Crippen LogP contribution is -2.10. The molecule has 9 aromatic rings. The Bertz CT molecular complexity index is 2490. The summed E-state index contributed by atoms with van der Waals surface area (Å²) in [6, 6.07) is 58.5. The highest BCUT2D eigenvalue weighted by Gasteiger charge is 2.18. The van der Waals surface area contributed by atoms with E-state index in [1.54, 1.807) is 0 Å². The summed E-state index contributed by atoms with van der Waals surface area (Å²) in [7, 11) is 0. The highest BCUT2D eigenvalue weighted by Crippen LogP contribution is 2.43. The molecule has 0 bridgehead atoms. The van der Waals surface area contributed by atoms with Crippen LogP contribution in [0.15, 0.2) is 168 Å². The van der Waals surface area contributed by atoms with E-state index >= 15 is 0 Å². The number of fused-ring (bicyclic) bond motifs is 8. The zero-order valence-electron chi connectivity index (χ0n) is 23.9. The van der Waals surface area contributed by atoms with Crippen LogP contribution in [0, 0.1) is 0 Å². The van der Waals surface area contributed by atoms with Gasteiger partial charge in [0.2, 0.25) is 0 Å². The molecule has 0 aliphatic rings. The molecule has 0 amide bonds. The monoisotopic (exact) mass is 561 g/mol. The SMILES string of the molecule is c1ccc(N(c2ccc(-c3cccc4c3oc3ccccc34)cc2)c2cccc3c2ccc2ccc4ccccc4c23)cc1. The molecule has 0 saturated carbocycles. The Labute approximate surface area is 255 Å². The van der Waals surface area contributed by atoms with Gasteiger partial charge in [0.15, 0.2) is 0 Å². The second-order valence-electron chi connectivity index (χ2n) is 11.3. The van der Waals surface area contributed by atoms with E-state index in [0.717, 1.165) is 50.1 Å². The van der Waals surface area contributed by atoms with Crippen LogP contribution in [0.25, 0.3) is 65.4 Å². The normalized spacial score (nSPS) is 11.6. The first kappa shape index (κ1) is 24.7. The molecular weight excluding hydrogens is 534 g/mol. The van der Waals surface area contributed by atoms with Gasteiger partial charge in [0.25, 0.3) is 0 Å². The largest absolute Gasteiger partial charge is 0.455 e. The molecule has 9 rings (SSSR count). The zero-order chi connectivity index (χ0) is 29.0. The van der Waals surface area contributed by atoms with Crippen LogP contribution >= 0.6 is 0 Å². The number of furan rings is 1. The fourth-order valence-corrected chi connectivity index (χ4v) is 6.81. The molecule has 0 unspecified atom stereocenters. The van der Waals surface area contributed by atoms with Crippen molar-refractivity contribution in [3.63, 3.8) is 0 Å². The lowest BCUT2D eigenvalue weighted by molar-refractivity contribution is 0.670. The molecule has 0 spiro atoms. The predicted octanol–water partition coefficient (Wildman–Crippen LogP) is 12.2. The smallest absolute Gasteiger partial charge is 0.143 e. The van der Waals surface area contributed by atoms with Crippen molar-refractivity contribution in [1.82, 2.24) is 0 Å². The highest BCUT2D eigenvalue weighted by molar-refractivity contribution is 6.22. The van der Waals surface area contributed by atoms with Crippen LogP contribution in [0.2, 0.25) is 0 Å². The molecule has 44 heavy (non-hydrogen) atoms. The average Bonchev–Trinajstić information content (AvgIpc) is 3.48. The molecule has 0 aliphatic carbocycles. The summed E-state index contributed by atoms with van der Waals surface area (Å²) in [5.74, 6) is 0. The Morgan fingerprint density at radius 1 is 0.386 bits per heavy atom. The summed E-state index contributed by atoms with van der Waals surface area (Å²) in [6.07, 6.45) is 0. The van der Waals surface area contributed by atoms with Crippen molar-refractivity contribution in [3.8, 4) is 11.1 Å². The number of rotatable bonds is 4. The van der Waals surface area contributed by atoms with Gasteiger partial charge in [-0.15, -0.1) is 0 Å². The number of hydrogen-bond donors (Lipinski definition) is 0. The fraction of sp³-hybridized carbons (Fsp3) is 0. The van der Waals surface area contributed by atoms with Crippen molar-refractivity contribution in [2.75, 3.05) is 4.90 Å². The van der Waals surface area contributed by atoms with E-state index in [-0.39, 0.29) is 0 Å². The average molecular weight is 562 g/mol. The summed E-state index contributed by atoms with van der Waals surface area (Å²) >= 11 is 0. The van der Waals surface area contributed by atoms with E-state index in [2.05, 4.69) is 157 Å². The van der Waals surface area contributed by atoms with Gasteiger partial charge >= 0.3 is 0 Å². The molecule has 2 nitrogen and oxygen atoms in total. The first-order valence-electron chi connectivity index (χ1n) is 15.0. The van der Waals surface area contributed by atoms with Gasteiger partial charge in [-0.05, 0) is 68.9 Å². The number of anilines is 3. The molecule has 2 heteroatoms. The number of para-hydroxylation sites is 3. The van der Waals surface area contributed by atoms with E-state index in [0.29, 0.717) is 0 Å². The van der Waals surface area contributed by atoms with E-state index in [1.807, 2.05) is 12.1 Å². The molecule has 0 fully saturated rings. The Balaban J connectivity index is 1.23. The van der Waals surface area contributed by atoms with Gasteiger partial charge in [0, 0.05) is 33.1 Å². The minimum Gasteiger partial charge on any atom is -0.455 e. The molecule has 0 radical (unpaired) electrons. The van der Waals surface area contributed by atoms with Crippen LogP contribution in [0.1, 0.15) is 0 Å². The minimum atomic E-state index is 0.915. The third-order valence-electron chi connectivity index (χ3n) is 8.84. The Morgan fingerprint density at radius 2 is 1.05 bits per heavy atom. The number of benzene rings is 8. The summed E-state index contributed by atoms with van der Waals surface area (Å²) < 4.78 is 6.36. The van der Waals surface area contributed by atoms with Gasteiger partial charge in [-0.25, -0.2) is 0 Å². The number of hydrogen-bond acceptors (Lipinski definition) is 2. The summed E-state index contributed by atoms with van der Waals surface area (Å²) in [4.78, 5) is 2.37. The highest BCUT2D eigenvalue weighted by atomic mass is 16.3. The van der Waals surface area contributed by atoms with Crippen LogP contribution in [-0.4, -0.2) is 0 Å². The summed E-state index contributed by atoms with van der Waals surface area (Å²) in [6.45, 7) is 0. The third-order valence-corrected chi connectivity index (χ3v) is 8.84. The van der Waals surface area contributed by atoms with Gasteiger partial charge in [0.1, 0.15) is 11.2 Å². The summed E-state index contributed by atoms with van der Waals surface area (Å²) in [5, 5.41) is 9.85. The van der Waals surface area contributed by atoms with Crippen LogP contribution in [0.5, 0.6) is 0 Å². The van der Waals surface area contributed by atoms with E-state index in [4.69, 9.17) is 4.42 Å². The van der Waals surface area contributed by atoms with E-state index < -0.39 is 0 Å². The minimum absolute atomic E-state index is 0.915. The maximum Gasteiger partial charge on any atom is 0.143 e. The van der Waals surface area contributed by atoms with Crippen molar-refractivity contribution >= 4 is 71.3 Å². The molecule has 8 aromatic carbocycles. The molecule has 1 aromatic heterocycles. The van der Waals surface area contributed by atoms with Crippen LogP contribution in [0.4, 0.5) is 17.1 Å². The maximum atomic E-state index is 6.36. The maximum absolute atomic E-state index is 6.36. The first-order valence-corrected chi connectivity index (χ1v) is 15.0. The summed E-state index contributed by atoms with van der Waals surface area (Å²) in [5.41, 5.74) is 7.43. The standard InChI is InChI=1S/C42H27NO/c1-2-11-31(12-3-1)43(39-18-9-16-37-35(39)27-24-30-21-20-28-10-4-5-13-33(28)41(30)37)32-25-22-29(23-26-32)34-15-8-17-38-36-14-6-7-19-40(36)44-42(34)38/h1-27H. The fourth-order valence-electron chi connectivity index (χ4n) is 6.81. The quantitative estimate of drug-likeness (QED) is 0.199. The molecule has 206 valence electrons.